The molecule has 152 valence electrons. The van der Waals surface area contributed by atoms with Gasteiger partial charge in [0.1, 0.15) is 17.9 Å². The lowest BCUT2D eigenvalue weighted by atomic mass is 9.99. The molecule has 0 atom stereocenters. The molecule has 0 radical (unpaired) electrons. The van der Waals surface area contributed by atoms with Gasteiger partial charge in [0.15, 0.2) is 11.5 Å². The molecule has 5 nitrogen and oxygen atoms in total. The molecule has 0 saturated carbocycles. The van der Waals surface area contributed by atoms with Crippen molar-refractivity contribution in [2.24, 2.45) is 0 Å². The van der Waals surface area contributed by atoms with E-state index >= 15 is 0 Å². The Balaban J connectivity index is 1.71. The van der Waals surface area contributed by atoms with Crippen molar-refractivity contribution in [2.45, 2.75) is 13.5 Å². The molecule has 0 fully saturated rings. The number of benzene rings is 3. The molecule has 0 N–H and O–H groups in total. The van der Waals surface area contributed by atoms with E-state index in [-0.39, 0.29) is 0 Å². The molecule has 0 spiro atoms. The average Bonchev–Trinajstić information content (AvgIpc) is 2.78. The number of ether oxygens (including phenoxy) is 3. The Bertz CT molecular complexity index is 1240. The molecular weight excluding hydrogens is 380 g/mol. The molecule has 3 aromatic carbocycles. The first kappa shape index (κ1) is 19.6. The molecule has 0 unspecified atom stereocenters. The molecule has 4 rings (SSSR count). The fourth-order valence-corrected chi connectivity index (χ4v) is 3.49. The molecule has 0 aliphatic carbocycles. The fraction of sp³-hybridized carbons (Fsp3) is 0.160. The van der Waals surface area contributed by atoms with Crippen molar-refractivity contribution < 1.29 is 18.6 Å². The minimum absolute atomic E-state index is 0.410. The van der Waals surface area contributed by atoms with Gasteiger partial charge in [0, 0.05) is 11.5 Å². The van der Waals surface area contributed by atoms with E-state index in [1.54, 1.807) is 32.4 Å². The van der Waals surface area contributed by atoms with Crippen LogP contribution in [-0.4, -0.2) is 14.2 Å². The second-order valence-electron chi connectivity index (χ2n) is 6.89. The van der Waals surface area contributed by atoms with Crippen molar-refractivity contribution in [3.63, 3.8) is 0 Å². The Kier molecular flexibility index (Phi) is 5.44. The van der Waals surface area contributed by atoms with Crippen LogP contribution in [0.25, 0.3) is 22.1 Å². The van der Waals surface area contributed by atoms with Gasteiger partial charge in [0.2, 0.25) is 0 Å². The van der Waals surface area contributed by atoms with Crippen LogP contribution in [0.2, 0.25) is 0 Å². The minimum Gasteiger partial charge on any atom is -0.493 e. The first-order valence-electron chi connectivity index (χ1n) is 9.57. The lowest BCUT2D eigenvalue weighted by Gasteiger charge is -2.12. The molecule has 1 heterocycles. The Labute approximate surface area is 174 Å². The van der Waals surface area contributed by atoms with Crippen LogP contribution in [-0.2, 0) is 6.61 Å². The predicted octanol–water partition coefficient (Wildman–Crippen LogP) is 5.36. The maximum atomic E-state index is 12.8. The number of fused-ring (bicyclic) bond motifs is 1. The SMILES string of the molecule is COc1ccc(-c2c(C)c3ccc(OCc4ccccc4)cc3oc2=O)cc1OC. The summed E-state index contributed by atoms with van der Waals surface area (Å²) in [6.45, 7) is 2.36. The number of aryl methyl sites for hydroxylation is 1. The summed E-state index contributed by atoms with van der Waals surface area (Å²) in [6, 6.07) is 20.8. The summed E-state index contributed by atoms with van der Waals surface area (Å²) in [7, 11) is 3.14. The molecular formula is C25H22O5. The van der Waals surface area contributed by atoms with Gasteiger partial charge in [-0.1, -0.05) is 36.4 Å². The Morgan fingerprint density at radius 3 is 2.37 bits per heavy atom. The lowest BCUT2D eigenvalue weighted by Crippen LogP contribution is -2.06. The predicted molar refractivity (Wildman–Crippen MR) is 117 cm³/mol. The van der Waals surface area contributed by atoms with Crippen LogP contribution in [0.3, 0.4) is 0 Å². The van der Waals surface area contributed by atoms with E-state index in [0.717, 1.165) is 16.5 Å². The van der Waals surface area contributed by atoms with E-state index < -0.39 is 5.63 Å². The Morgan fingerprint density at radius 1 is 0.867 bits per heavy atom. The van der Waals surface area contributed by atoms with Crippen molar-refractivity contribution in [1.29, 1.82) is 0 Å². The van der Waals surface area contributed by atoms with Gasteiger partial charge < -0.3 is 18.6 Å². The molecule has 5 heteroatoms. The van der Waals surface area contributed by atoms with Crippen LogP contribution in [0.1, 0.15) is 11.1 Å². The normalized spacial score (nSPS) is 10.8. The second kappa shape index (κ2) is 8.33. The molecule has 0 amide bonds. The van der Waals surface area contributed by atoms with E-state index in [9.17, 15) is 4.79 Å². The summed E-state index contributed by atoms with van der Waals surface area (Å²) in [5.41, 5.74) is 3.20. The highest BCUT2D eigenvalue weighted by molar-refractivity contribution is 5.87. The highest BCUT2D eigenvalue weighted by Crippen LogP contribution is 2.34. The quantitative estimate of drug-likeness (QED) is 0.406. The Hall–Kier alpha value is -3.73. The summed E-state index contributed by atoms with van der Waals surface area (Å²) in [5.74, 6) is 1.80. The van der Waals surface area contributed by atoms with Crippen molar-refractivity contribution in [2.75, 3.05) is 14.2 Å². The third-order valence-electron chi connectivity index (χ3n) is 5.06. The number of hydrogen-bond donors (Lipinski definition) is 0. The number of hydrogen-bond acceptors (Lipinski definition) is 5. The zero-order valence-corrected chi connectivity index (χ0v) is 17.1. The van der Waals surface area contributed by atoms with Gasteiger partial charge in [-0.3, -0.25) is 0 Å². The second-order valence-corrected chi connectivity index (χ2v) is 6.89. The average molecular weight is 402 g/mol. The third kappa shape index (κ3) is 3.74. The van der Waals surface area contributed by atoms with Gasteiger partial charge in [-0.2, -0.15) is 0 Å². The molecule has 30 heavy (non-hydrogen) atoms. The van der Waals surface area contributed by atoms with Gasteiger partial charge in [-0.15, -0.1) is 0 Å². The van der Waals surface area contributed by atoms with E-state index in [2.05, 4.69) is 0 Å². The van der Waals surface area contributed by atoms with E-state index in [4.69, 9.17) is 18.6 Å². The van der Waals surface area contributed by atoms with E-state index in [1.165, 1.54) is 0 Å². The standard InChI is InChI=1S/C25H22O5/c1-16-20-11-10-19(29-15-17-7-5-4-6-8-17)14-22(20)30-25(26)24(16)18-9-12-21(27-2)23(13-18)28-3/h4-14H,15H2,1-3H3. The lowest BCUT2D eigenvalue weighted by molar-refractivity contribution is 0.306. The molecule has 0 saturated heterocycles. The first-order chi connectivity index (χ1) is 14.6. The summed E-state index contributed by atoms with van der Waals surface area (Å²) in [6.07, 6.45) is 0. The van der Waals surface area contributed by atoms with Crippen LogP contribution < -0.4 is 19.8 Å². The minimum atomic E-state index is -0.410. The first-order valence-corrected chi connectivity index (χ1v) is 9.57. The van der Waals surface area contributed by atoms with Crippen LogP contribution in [0.5, 0.6) is 17.2 Å². The van der Waals surface area contributed by atoms with E-state index in [0.29, 0.717) is 40.6 Å². The zero-order chi connectivity index (χ0) is 21.1. The molecule has 0 bridgehead atoms. The summed E-state index contributed by atoms with van der Waals surface area (Å²) < 4.78 is 22.2. The maximum Gasteiger partial charge on any atom is 0.344 e. The highest BCUT2D eigenvalue weighted by Gasteiger charge is 2.16. The van der Waals surface area contributed by atoms with Crippen LogP contribution >= 0.6 is 0 Å². The molecule has 1 aromatic heterocycles. The highest BCUT2D eigenvalue weighted by atomic mass is 16.5. The summed E-state index contributed by atoms with van der Waals surface area (Å²) in [5, 5.41) is 0.853. The van der Waals surface area contributed by atoms with Gasteiger partial charge in [-0.05, 0) is 47.9 Å². The Morgan fingerprint density at radius 2 is 1.63 bits per heavy atom. The number of methoxy groups -OCH3 is 2. The largest absolute Gasteiger partial charge is 0.493 e. The van der Waals surface area contributed by atoms with Gasteiger partial charge in [0.25, 0.3) is 0 Å². The smallest absolute Gasteiger partial charge is 0.344 e. The monoisotopic (exact) mass is 402 g/mol. The molecule has 0 aliphatic rings. The third-order valence-corrected chi connectivity index (χ3v) is 5.06. The van der Waals surface area contributed by atoms with Crippen molar-refractivity contribution in [3.8, 4) is 28.4 Å². The fourth-order valence-electron chi connectivity index (χ4n) is 3.49. The topological polar surface area (TPSA) is 57.9 Å². The summed E-state index contributed by atoms with van der Waals surface area (Å²) >= 11 is 0. The summed E-state index contributed by atoms with van der Waals surface area (Å²) in [4.78, 5) is 12.8. The van der Waals surface area contributed by atoms with Crippen LogP contribution in [0.4, 0.5) is 0 Å². The molecule has 4 aromatic rings. The van der Waals surface area contributed by atoms with Gasteiger partial charge in [0.05, 0.1) is 19.8 Å². The molecule has 0 aliphatic heterocycles. The van der Waals surface area contributed by atoms with Crippen molar-refractivity contribution in [3.05, 3.63) is 88.3 Å². The van der Waals surface area contributed by atoms with E-state index in [1.807, 2.05) is 55.5 Å². The number of rotatable bonds is 6. The van der Waals surface area contributed by atoms with Gasteiger partial charge >= 0.3 is 5.63 Å². The van der Waals surface area contributed by atoms with Crippen molar-refractivity contribution >= 4 is 11.0 Å². The van der Waals surface area contributed by atoms with Gasteiger partial charge in [-0.25, -0.2) is 4.79 Å². The zero-order valence-electron chi connectivity index (χ0n) is 17.1. The van der Waals surface area contributed by atoms with Crippen LogP contribution in [0.15, 0.2) is 75.9 Å². The van der Waals surface area contributed by atoms with Crippen LogP contribution in [0, 0.1) is 6.92 Å². The maximum absolute atomic E-state index is 12.8. The van der Waals surface area contributed by atoms with Crippen molar-refractivity contribution in [1.82, 2.24) is 0 Å².